The molecule has 0 aromatic carbocycles. The second kappa shape index (κ2) is 8.50. The van der Waals surface area contributed by atoms with Crippen molar-refractivity contribution in [3.05, 3.63) is 48.8 Å². The lowest BCUT2D eigenvalue weighted by molar-refractivity contribution is 0.514. The Hall–Kier alpha value is -4.71. The third kappa shape index (κ3) is 3.73. The van der Waals surface area contributed by atoms with Crippen molar-refractivity contribution in [2.45, 2.75) is 13.0 Å². The van der Waals surface area contributed by atoms with Crippen LogP contribution in [0.3, 0.4) is 0 Å². The van der Waals surface area contributed by atoms with E-state index in [1.54, 1.807) is 24.8 Å². The SMILES string of the molecule is C=N/C(C)=C\N(C)c1ccnc2[nH]c(-c3n[nH]c4cnc(-c5cncc(N6CC(N)C6)n5)cc34)nc12. The van der Waals surface area contributed by atoms with Gasteiger partial charge in [0.05, 0.1) is 41.2 Å². The van der Waals surface area contributed by atoms with E-state index in [9.17, 15) is 0 Å². The summed E-state index contributed by atoms with van der Waals surface area (Å²) in [4.78, 5) is 34.3. The number of aromatic amines is 2. The number of allylic oxidation sites excluding steroid dienone is 1. The first-order chi connectivity index (χ1) is 17.5. The molecule has 12 heteroatoms. The fourth-order valence-electron chi connectivity index (χ4n) is 4.25. The van der Waals surface area contributed by atoms with Gasteiger partial charge in [-0.1, -0.05) is 0 Å². The first-order valence-electron chi connectivity index (χ1n) is 11.4. The number of pyridine rings is 2. The maximum atomic E-state index is 5.92. The van der Waals surface area contributed by atoms with Crippen LogP contribution in [-0.4, -0.2) is 73.0 Å². The van der Waals surface area contributed by atoms with Gasteiger partial charge >= 0.3 is 0 Å². The maximum Gasteiger partial charge on any atom is 0.161 e. The number of rotatable bonds is 6. The van der Waals surface area contributed by atoms with Gasteiger partial charge in [-0.3, -0.25) is 20.1 Å². The molecule has 0 aliphatic carbocycles. The molecule has 1 aliphatic rings. The van der Waals surface area contributed by atoms with Crippen LogP contribution < -0.4 is 15.5 Å². The molecular weight excluding hydrogens is 456 g/mol. The van der Waals surface area contributed by atoms with Gasteiger partial charge in [0.15, 0.2) is 11.5 Å². The number of H-pyrrole nitrogens is 2. The fourth-order valence-corrected chi connectivity index (χ4v) is 4.25. The number of nitrogens with zero attached hydrogens (tertiary/aromatic N) is 9. The van der Waals surface area contributed by atoms with Crippen LogP contribution in [0, 0.1) is 0 Å². The Morgan fingerprint density at radius 2 is 2.08 bits per heavy atom. The minimum absolute atomic E-state index is 0.177. The Morgan fingerprint density at radius 3 is 2.89 bits per heavy atom. The molecule has 5 aromatic rings. The number of fused-ring (bicyclic) bond motifs is 2. The van der Waals surface area contributed by atoms with Crippen molar-refractivity contribution in [1.82, 2.24) is 40.1 Å². The molecular formula is C24H24N12. The van der Waals surface area contributed by atoms with Gasteiger partial charge in [0.25, 0.3) is 0 Å². The highest BCUT2D eigenvalue weighted by Crippen LogP contribution is 2.31. The molecule has 6 rings (SSSR count). The zero-order valence-corrected chi connectivity index (χ0v) is 19.8. The normalized spacial score (nSPS) is 14.4. The van der Waals surface area contributed by atoms with Gasteiger partial charge in [-0.05, 0) is 25.8 Å². The maximum absolute atomic E-state index is 5.92. The molecule has 0 amide bonds. The van der Waals surface area contributed by atoms with Crippen LogP contribution >= 0.6 is 0 Å². The van der Waals surface area contributed by atoms with Gasteiger partial charge in [-0.15, -0.1) is 0 Å². The third-order valence-corrected chi connectivity index (χ3v) is 6.16. The first kappa shape index (κ1) is 21.8. The Kier molecular flexibility index (Phi) is 5.15. The molecule has 0 saturated carbocycles. The van der Waals surface area contributed by atoms with E-state index in [-0.39, 0.29) is 6.04 Å². The largest absolute Gasteiger partial charge is 0.352 e. The molecule has 0 unspecified atom stereocenters. The van der Waals surface area contributed by atoms with Gasteiger partial charge < -0.3 is 20.5 Å². The van der Waals surface area contributed by atoms with Crippen molar-refractivity contribution in [1.29, 1.82) is 0 Å². The summed E-state index contributed by atoms with van der Waals surface area (Å²) in [5.74, 6) is 1.39. The molecule has 1 saturated heterocycles. The average Bonchev–Trinajstić information content (AvgIpc) is 3.50. The molecule has 0 radical (unpaired) electrons. The summed E-state index contributed by atoms with van der Waals surface area (Å²) in [5.41, 5.74) is 11.8. The number of aromatic nitrogens is 8. The van der Waals surface area contributed by atoms with E-state index in [4.69, 9.17) is 15.7 Å². The molecule has 0 bridgehead atoms. The fraction of sp³-hybridized carbons (Fsp3) is 0.208. The number of hydrogen-bond acceptors (Lipinski definition) is 10. The summed E-state index contributed by atoms with van der Waals surface area (Å²) in [6.07, 6.45) is 8.82. The minimum Gasteiger partial charge on any atom is -0.352 e. The lowest BCUT2D eigenvalue weighted by Gasteiger charge is -2.37. The van der Waals surface area contributed by atoms with Crippen LogP contribution in [0.1, 0.15) is 6.92 Å². The van der Waals surface area contributed by atoms with Crippen LogP contribution in [0.15, 0.2) is 53.8 Å². The second-order valence-electron chi connectivity index (χ2n) is 8.77. The highest BCUT2D eigenvalue weighted by molar-refractivity contribution is 5.95. The molecule has 5 aromatic heterocycles. The van der Waals surface area contributed by atoms with E-state index in [2.05, 4.69) is 46.7 Å². The quantitative estimate of drug-likeness (QED) is 0.311. The van der Waals surface area contributed by atoms with E-state index in [0.717, 1.165) is 46.7 Å². The molecule has 1 fully saturated rings. The van der Waals surface area contributed by atoms with Crippen LogP contribution in [0.25, 0.3) is 45.0 Å². The molecule has 12 nitrogen and oxygen atoms in total. The van der Waals surface area contributed by atoms with Crippen molar-refractivity contribution < 1.29 is 0 Å². The Labute approximate surface area is 206 Å². The zero-order valence-electron chi connectivity index (χ0n) is 19.8. The Morgan fingerprint density at radius 1 is 1.22 bits per heavy atom. The molecule has 6 heterocycles. The van der Waals surface area contributed by atoms with E-state index in [1.165, 1.54) is 0 Å². The molecule has 36 heavy (non-hydrogen) atoms. The van der Waals surface area contributed by atoms with E-state index < -0.39 is 0 Å². The van der Waals surface area contributed by atoms with Crippen LogP contribution in [0.5, 0.6) is 0 Å². The van der Waals surface area contributed by atoms with Crippen molar-refractivity contribution >= 4 is 40.3 Å². The molecule has 0 atom stereocenters. The first-order valence-corrected chi connectivity index (χ1v) is 11.4. The Bertz CT molecular complexity index is 1630. The van der Waals surface area contributed by atoms with E-state index >= 15 is 0 Å². The number of hydrogen-bond donors (Lipinski definition) is 3. The highest BCUT2D eigenvalue weighted by atomic mass is 15.3. The second-order valence-corrected chi connectivity index (χ2v) is 8.77. The number of nitrogens with two attached hydrogens (primary N) is 1. The monoisotopic (exact) mass is 480 g/mol. The van der Waals surface area contributed by atoms with E-state index in [0.29, 0.717) is 28.6 Å². The summed E-state index contributed by atoms with van der Waals surface area (Å²) in [6, 6.07) is 4.02. The summed E-state index contributed by atoms with van der Waals surface area (Å²) in [7, 11) is 1.93. The summed E-state index contributed by atoms with van der Waals surface area (Å²) in [6.45, 7) is 7.01. The predicted octanol–water partition coefficient (Wildman–Crippen LogP) is 2.50. The van der Waals surface area contributed by atoms with Gasteiger partial charge in [0.2, 0.25) is 0 Å². The zero-order chi connectivity index (χ0) is 24.8. The number of imidazole rings is 1. The smallest absolute Gasteiger partial charge is 0.161 e. The van der Waals surface area contributed by atoms with Crippen molar-refractivity contribution in [2.24, 2.45) is 10.7 Å². The number of aliphatic imine (C=N–C) groups is 1. The van der Waals surface area contributed by atoms with E-state index in [1.807, 2.05) is 37.2 Å². The van der Waals surface area contributed by atoms with Gasteiger partial charge in [-0.2, -0.15) is 5.10 Å². The van der Waals surface area contributed by atoms with Crippen LogP contribution in [-0.2, 0) is 0 Å². The van der Waals surface area contributed by atoms with Crippen molar-refractivity contribution in [2.75, 3.05) is 29.9 Å². The average molecular weight is 481 g/mol. The molecule has 4 N–H and O–H groups in total. The van der Waals surface area contributed by atoms with Crippen LogP contribution in [0.4, 0.5) is 11.5 Å². The minimum atomic E-state index is 0.177. The molecule has 180 valence electrons. The lowest BCUT2D eigenvalue weighted by atomic mass is 10.1. The van der Waals surface area contributed by atoms with Crippen molar-refractivity contribution in [3.63, 3.8) is 0 Å². The predicted molar refractivity (Wildman–Crippen MR) is 140 cm³/mol. The summed E-state index contributed by atoms with van der Waals surface area (Å²) < 4.78 is 0. The number of nitrogens with one attached hydrogen (secondary N) is 2. The molecule has 0 spiro atoms. The third-order valence-electron chi connectivity index (χ3n) is 6.16. The van der Waals surface area contributed by atoms with Crippen molar-refractivity contribution in [3.8, 4) is 22.9 Å². The Balaban J connectivity index is 1.40. The van der Waals surface area contributed by atoms with Gasteiger partial charge in [0.1, 0.15) is 22.7 Å². The lowest BCUT2D eigenvalue weighted by Crippen LogP contribution is -2.56. The topological polar surface area (TPSA) is 154 Å². The standard InChI is InChI=1S/C24H24N12/c1-13(26-2)10-35(3)19-4-5-28-23-22(19)31-24(32-23)21-15-6-16(29-8-17(15)33-34-21)18-7-27-9-20(30-18)36-11-14(25)12-36/h4-10,14H,2,11-12,25H2,1,3H3,(H,33,34)(H,28,31,32)/b13-10-. The van der Waals surface area contributed by atoms with Gasteiger partial charge in [-0.25, -0.2) is 15.0 Å². The van der Waals surface area contributed by atoms with Crippen LogP contribution in [0.2, 0.25) is 0 Å². The van der Waals surface area contributed by atoms with Gasteiger partial charge in [0, 0.05) is 44.0 Å². The molecule has 1 aliphatic heterocycles. The summed E-state index contributed by atoms with van der Waals surface area (Å²) in [5, 5.41) is 8.42. The number of anilines is 2. The highest BCUT2D eigenvalue weighted by Gasteiger charge is 2.25. The summed E-state index contributed by atoms with van der Waals surface area (Å²) >= 11 is 0.